The lowest BCUT2D eigenvalue weighted by molar-refractivity contribution is -0.168. The highest BCUT2D eigenvalue weighted by molar-refractivity contribution is 5.94. The van der Waals surface area contributed by atoms with Crippen LogP contribution in [-0.2, 0) is 30.9 Å². The average Bonchev–Trinajstić information content (AvgIpc) is 0.773. The molecule has 5 aromatic carbocycles. The van der Waals surface area contributed by atoms with Gasteiger partial charge in [-0.2, -0.15) is 145 Å². The molecule has 53 heteroatoms. The van der Waals surface area contributed by atoms with Gasteiger partial charge in [0.15, 0.2) is 12.1 Å². The Balaban J connectivity index is 0.000000156. The number of rotatable bonds is 6. The Hall–Kier alpha value is -12.2. The molecule has 5 atom stereocenters. The van der Waals surface area contributed by atoms with Crippen molar-refractivity contribution in [3.05, 3.63) is 171 Å². The Labute approximate surface area is 696 Å². The first-order chi connectivity index (χ1) is 59.1. The number of nitrogens with one attached hydrogen (secondary N) is 5. The lowest BCUT2D eigenvalue weighted by atomic mass is 10.0. The number of anilines is 5. The molecule has 0 aliphatic carbocycles. The highest BCUT2D eigenvalue weighted by Gasteiger charge is 2.53. The maximum atomic E-state index is 13.3. The molecule has 0 fully saturated rings. The zero-order valence-electron chi connectivity index (χ0n) is 65.1. The molecule has 5 N–H and O–H groups in total. The summed E-state index contributed by atoms with van der Waals surface area (Å²) in [5.41, 5.74) is -13.5. The van der Waals surface area contributed by atoms with Crippen molar-refractivity contribution in [1.82, 2.24) is 24.9 Å². The van der Waals surface area contributed by atoms with Crippen LogP contribution in [0.25, 0.3) is 54.5 Å². The van der Waals surface area contributed by atoms with Gasteiger partial charge in [-0.15, -0.1) is 0 Å². The predicted octanol–water partition coefficient (Wildman–Crippen LogP) is 19.4. The van der Waals surface area contributed by atoms with E-state index in [2.05, 4.69) is 24.9 Å². The van der Waals surface area contributed by atoms with Gasteiger partial charge in [-0.3, -0.25) is 24.0 Å². The van der Waals surface area contributed by atoms with Crippen molar-refractivity contribution in [2.45, 2.75) is 132 Å². The van der Waals surface area contributed by atoms with Crippen molar-refractivity contribution < 1.29 is 169 Å². The van der Waals surface area contributed by atoms with Gasteiger partial charge in [0.25, 0.3) is 0 Å². The Morgan fingerprint density at radius 1 is 0.279 bits per heavy atom. The fourth-order valence-electron chi connectivity index (χ4n) is 14.6. The Kier molecular flexibility index (Phi) is 26.2. The zero-order chi connectivity index (χ0) is 96.0. The molecule has 20 nitrogen and oxygen atoms in total. The normalized spacial score (nSPS) is 18.1. The second-order valence-corrected chi connectivity index (χ2v) is 29.2. The SMILES string of the molecule is CCN1c2cc3c(C(F)(F)F)cc(=O)[nH]c3cc2OCC1C.CC[C@@H]1COc2cc3[nH]c(=O)cc(C(F)(F)F)c3cc2N1CC(F)(F)F.C[C@@H]1COc2cc3[nH]c(=O)cc(C(F)(F)F)c3cc2N1CC(F)(F)F.O=c1cc(C(F)(F)F)c2cc3c(cc2[nH]1)OCC(C(F)(F)F)N3CC(F)(F)F.O=c1cc(C(F)(F)F)c2cc3c(cc2[nH]1)OCC(C(F)(F)F)N3CC(F)(F)F. The van der Waals surface area contributed by atoms with Crippen LogP contribution in [0.5, 0.6) is 28.7 Å². The first kappa shape index (κ1) is 97.5. The highest BCUT2D eigenvalue weighted by Crippen LogP contribution is 2.51. The van der Waals surface area contributed by atoms with Gasteiger partial charge in [0.05, 0.1) is 102 Å². The van der Waals surface area contributed by atoms with E-state index in [1.807, 2.05) is 18.7 Å². The molecule has 0 bridgehead atoms. The maximum Gasteiger partial charge on any atom is 0.417 e. The number of aromatic nitrogens is 5. The minimum absolute atomic E-state index is 0.00132. The van der Waals surface area contributed by atoms with Gasteiger partial charge < -0.3 is 73.1 Å². The third-order valence-electron chi connectivity index (χ3n) is 20.1. The second-order valence-electron chi connectivity index (χ2n) is 29.2. The second kappa shape index (κ2) is 34.7. The van der Waals surface area contributed by atoms with Crippen LogP contribution in [0.15, 0.2) is 115 Å². The van der Waals surface area contributed by atoms with E-state index in [0.29, 0.717) is 61.3 Å². The Morgan fingerprint density at radius 3 is 0.721 bits per heavy atom. The van der Waals surface area contributed by atoms with Crippen molar-refractivity contribution in [1.29, 1.82) is 0 Å². The summed E-state index contributed by atoms with van der Waals surface area (Å²) in [5.74, 6) is -0.534. The lowest BCUT2D eigenvalue weighted by Gasteiger charge is -2.39. The summed E-state index contributed by atoms with van der Waals surface area (Å²) in [7, 11) is 0. The quantitative estimate of drug-likeness (QED) is 0.0976. The smallest absolute Gasteiger partial charge is 0.417 e. The van der Waals surface area contributed by atoms with Gasteiger partial charge in [-0.25, -0.2) is 0 Å². The molecule has 704 valence electrons. The molecule has 5 aliphatic rings. The van der Waals surface area contributed by atoms with E-state index < -0.39 is 237 Å². The number of fused-ring (bicyclic) bond motifs is 10. The van der Waals surface area contributed by atoms with E-state index in [1.54, 1.807) is 6.92 Å². The van der Waals surface area contributed by atoms with Crippen molar-refractivity contribution in [2.24, 2.45) is 0 Å². The van der Waals surface area contributed by atoms with Gasteiger partial charge in [-0.1, -0.05) is 6.92 Å². The molecule has 5 aromatic heterocycles. The third-order valence-corrected chi connectivity index (χ3v) is 20.1. The van der Waals surface area contributed by atoms with Crippen molar-refractivity contribution >= 4 is 83.0 Å². The molecule has 3 unspecified atom stereocenters. The number of benzene rings is 5. The molecule has 0 saturated heterocycles. The molecule has 0 amide bonds. The van der Waals surface area contributed by atoms with E-state index >= 15 is 0 Å². The molecular weight excluding hydrogens is 1840 g/mol. The number of hydrogen-bond acceptors (Lipinski definition) is 15. The molecular formula is C76H59F33N10O10. The first-order valence-electron chi connectivity index (χ1n) is 36.9. The van der Waals surface area contributed by atoms with Crippen LogP contribution < -0.4 is 76.0 Å². The minimum atomic E-state index is -5.13. The summed E-state index contributed by atoms with van der Waals surface area (Å²) in [6.45, 7) is -1.05. The molecule has 15 rings (SSSR count). The van der Waals surface area contributed by atoms with Gasteiger partial charge in [0.1, 0.15) is 88.0 Å². The number of likely N-dealkylation sites (N-methyl/N-ethyl adjacent to an activating group) is 1. The number of pyridine rings is 5. The summed E-state index contributed by atoms with van der Waals surface area (Å²) in [4.78, 5) is 72.2. The van der Waals surface area contributed by atoms with Crippen molar-refractivity contribution in [2.75, 3.05) is 90.3 Å². The number of alkyl halides is 33. The number of hydrogen-bond donors (Lipinski definition) is 5. The number of H-pyrrole nitrogens is 5. The summed E-state index contributed by atoms with van der Waals surface area (Å²) in [5, 5.41) is -2.32. The largest absolute Gasteiger partial charge is 0.489 e. The van der Waals surface area contributed by atoms with Crippen molar-refractivity contribution in [3.8, 4) is 28.7 Å². The minimum Gasteiger partial charge on any atom is -0.489 e. The number of nitrogens with zero attached hydrogens (tertiary/aromatic N) is 5. The van der Waals surface area contributed by atoms with Crippen LogP contribution in [0.4, 0.5) is 173 Å². The van der Waals surface area contributed by atoms with E-state index in [4.69, 9.17) is 23.7 Å². The van der Waals surface area contributed by atoms with E-state index in [0.717, 1.165) is 46.2 Å². The van der Waals surface area contributed by atoms with Crippen LogP contribution in [0.2, 0.25) is 0 Å². The van der Waals surface area contributed by atoms with Crippen LogP contribution in [0.3, 0.4) is 0 Å². The van der Waals surface area contributed by atoms with E-state index in [1.165, 1.54) is 19.1 Å². The monoisotopic (exact) mass is 1900 g/mol. The van der Waals surface area contributed by atoms with Crippen molar-refractivity contribution in [3.63, 3.8) is 0 Å². The van der Waals surface area contributed by atoms with Crippen LogP contribution in [-0.4, -0.2) is 158 Å². The summed E-state index contributed by atoms with van der Waals surface area (Å²) >= 11 is 0. The number of ether oxygens (including phenoxy) is 5. The highest BCUT2D eigenvalue weighted by atomic mass is 19.5. The predicted molar refractivity (Wildman–Crippen MR) is 395 cm³/mol. The van der Waals surface area contributed by atoms with E-state index in [9.17, 15) is 169 Å². The van der Waals surface area contributed by atoms with Gasteiger partial charge in [0.2, 0.25) is 27.8 Å². The first-order valence-corrected chi connectivity index (χ1v) is 36.9. The number of aromatic amines is 5. The fourth-order valence-corrected chi connectivity index (χ4v) is 14.6. The van der Waals surface area contributed by atoms with Crippen LogP contribution >= 0.6 is 0 Å². The summed E-state index contributed by atoms with van der Waals surface area (Å²) in [6.07, 6.45) is -53.5. The Bertz CT molecular complexity index is 6020. The lowest BCUT2D eigenvalue weighted by Crippen LogP contribution is -2.54. The van der Waals surface area contributed by atoms with Crippen LogP contribution in [0.1, 0.15) is 61.9 Å². The average molecular weight is 1900 g/mol. The standard InChI is InChI=1S/C16H14F6N2O2.2C15H9F9N2O2.C15H12F6N2O2.C15H15F3N2O2/c1-2-8-6-26-13-5-11-9(3-12(13)24(8)7-15(17,18)19)10(16(20,21)22)4-14(25)23-11;2*16-13(17,18)5-26-9-1-6-7(14(19,20)21)2-12(27)25-8(6)3-10(9)28-4-11(26)15(22,23)24;1-7-5-25-12-4-10-8(2-11(12)23(7)6-14(16,17)18)9(15(19,20)21)3-13(24)22-10;1-3-20-8(2)7-22-13-6-11-9(4-12(13)20)10(15(16,17)18)5-14(21)19-11/h3-5,8H,2,6-7H2,1H3,(H,23,25);2*1-3,11H,4-5H2,(H,25,27);2-4,7H,5-6H2,1H3,(H,22,24);4-6,8H,3,7H2,1-2H3,(H,19,21)/t8-;;;7-;/m1..1./s1. The maximum absolute atomic E-state index is 13.3. The molecule has 10 heterocycles. The summed E-state index contributed by atoms with van der Waals surface area (Å²) < 4.78 is 458. The fraction of sp³-hybridized carbons (Fsp3) is 0.408. The topological polar surface area (TPSA) is 227 Å². The molecule has 0 spiro atoms. The molecule has 0 radical (unpaired) electrons. The molecule has 0 saturated carbocycles. The van der Waals surface area contributed by atoms with Gasteiger partial charge in [-0.05, 0) is 57.5 Å². The van der Waals surface area contributed by atoms with Gasteiger partial charge in [0, 0.05) is 94.1 Å². The molecule has 5 aliphatic heterocycles. The Morgan fingerprint density at radius 2 is 0.488 bits per heavy atom. The number of halogens is 33. The van der Waals surface area contributed by atoms with Crippen LogP contribution in [0, 0.1) is 0 Å². The van der Waals surface area contributed by atoms with E-state index in [-0.39, 0.29) is 91.4 Å². The molecule has 129 heavy (non-hydrogen) atoms. The summed E-state index contributed by atoms with van der Waals surface area (Å²) in [6, 6.07) is 4.78. The zero-order valence-corrected chi connectivity index (χ0v) is 65.1. The van der Waals surface area contributed by atoms with Gasteiger partial charge >= 0.3 is 67.9 Å². The third kappa shape index (κ3) is 22.4. The molecule has 10 aromatic rings.